The Bertz CT molecular complexity index is 109. The van der Waals surface area contributed by atoms with E-state index < -0.39 is 5.97 Å². The van der Waals surface area contributed by atoms with Crippen molar-refractivity contribution in [3.8, 4) is 0 Å². The Kier molecular flexibility index (Phi) is 12.2. The summed E-state index contributed by atoms with van der Waals surface area (Å²) in [6.45, 7) is 3.88. The van der Waals surface area contributed by atoms with Gasteiger partial charge >= 0.3 is 57.4 Å². The molecule has 0 rings (SSSR count). The van der Waals surface area contributed by atoms with Crippen LogP contribution in [0.5, 0.6) is 0 Å². The molecule has 1 atom stereocenters. The second-order valence-electron chi connectivity index (χ2n) is 2.74. The van der Waals surface area contributed by atoms with Gasteiger partial charge in [-0.2, -0.15) is 0 Å². The van der Waals surface area contributed by atoms with Crippen molar-refractivity contribution in [1.29, 1.82) is 0 Å². The molecule has 0 spiro atoms. The van der Waals surface area contributed by atoms with Gasteiger partial charge in [-0.05, 0) is 6.42 Å². The van der Waals surface area contributed by atoms with Crippen LogP contribution in [0.1, 0.15) is 41.0 Å². The quantitative estimate of drug-likeness (QED) is 0.458. The summed E-state index contributed by atoms with van der Waals surface area (Å²) in [5.41, 5.74) is 0. The van der Waals surface area contributed by atoms with Crippen LogP contribution in [0.15, 0.2) is 0 Å². The average molecular weight is 184 g/mol. The standard InChI is InChI=1S/C8H16O2.K.H/c1-3-4-5-6-7(2)8(9)10;;/h7H,3-6H2,1-2H3,(H,9,10);;/q;+1;-1. The zero-order valence-electron chi connectivity index (χ0n) is 8.76. The third-order valence-electron chi connectivity index (χ3n) is 1.66. The minimum atomic E-state index is -0.670. The van der Waals surface area contributed by atoms with Crippen molar-refractivity contribution in [2.45, 2.75) is 39.5 Å². The Morgan fingerprint density at radius 1 is 1.55 bits per heavy atom. The van der Waals surface area contributed by atoms with Crippen LogP contribution in [-0.4, -0.2) is 11.1 Å². The third-order valence-corrected chi connectivity index (χ3v) is 1.66. The molecule has 0 aromatic carbocycles. The smallest absolute Gasteiger partial charge is 1.00 e. The molecular formula is C8H17KO2. The first kappa shape index (κ1) is 14.6. The first-order valence-corrected chi connectivity index (χ1v) is 3.91. The van der Waals surface area contributed by atoms with E-state index in [9.17, 15) is 4.79 Å². The zero-order valence-corrected chi connectivity index (χ0v) is 10.9. The van der Waals surface area contributed by atoms with Gasteiger partial charge in [-0.15, -0.1) is 0 Å². The molecule has 0 aliphatic carbocycles. The van der Waals surface area contributed by atoms with E-state index in [1.165, 1.54) is 0 Å². The number of hydrogen-bond donors (Lipinski definition) is 1. The summed E-state index contributed by atoms with van der Waals surface area (Å²) in [5, 5.41) is 8.48. The van der Waals surface area contributed by atoms with Gasteiger partial charge in [0.25, 0.3) is 0 Å². The van der Waals surface area contributed by atoms with Crippen LogP contribution in [0, 0.1) is 5.92 Å². The van der Waals surface area contributed by atoms with Crippen LogP contribution < -0.4 is 51.4 Å². The van der Waals surface area contributed by atoms with Crippen molar-refractivity contribution in [2.75, 3.05) is 0 Å². The van der Waals surface area contributed by atoms with Gasteiger partial charge in [0.15, 0.2) is 0 Å². The predicted molar refractivity (Wildman–Crippen MR) is 42.1 cm³/mol. The Morgan fingerprint density at radius 2 is 2.09 bits per heavy atom. The first-order chi connectivity index (χ1) is 4.68. The number of rotatable bonds is 5. The summed E-state index contributed by atoms with van der Waals surface area (Å²) in [4.78, 5) is 10.3. The predicted octanol–water partition coefficient (Wildman–Crippen LogP) is -0.596. The van der Waals surface area contributed by atoms with E-state index >= 15 is 0 Å². The van der Waals surface area contributed by atoms with Gasteiger partial charge in [-0.1, -0.05) is 33.1 Å². The van der Waals surface area contributed by atoms with Gasteiger partial charge in [0, 0.05) is 0 Å². The van der Waals surface area contributed by atoms with Crippen molar-refractivity contribution in [2.24, 2.45) is 5.92 Å². The van der Waals surface area contributed by atoms with Gasteiger partial charge < -0.3 is 6.53 Å². The molecule has 0 fully saturated rings. The van der Waals surface area contributed by atoms with Crippen molar-refractivity contribution in [1.82, 2.24) is 0 Å². The molecule has 0 amide bonds. The third kappa shape index (κ3) is 9.02. The van der Waals surface area contributed by atoms with Crippen LogP contribution in [0.2, 0.25) is 0 Å². The fourth-order valence-electron chi connectivity index (χ4n) is 0.824. The number of hydrogen-bond acceptors (Lipinski definition) is 1. The Morgan fingerprint density at radius 3 is 2.45 bits per heavy atom. The minimum Gasteiger partial charge on any atom is -1.00 e. The molecule has 0 radical (unpaired) electrons. The maximum Gasteiger partial charge on any atom is 1.00 e. The molecule has 0 aliphatic heterocycles. The molecule has 0 heterocycles. The van der Waals surface area contributed by atoms with Crippen LogP contribution in [0.25, 0.3) is 0 Å². The summed E-state index contributed by atoms with van der Waals surface area (Å²) in [5.74, 6) is -0.831. The van der Waals surface area contributed by atoms with Gasteiger partial charge in [0.1, 0.15) is 0 Å². The van der Waals surface area contributed by atoms with Crippen LogP contribution in [0.3, 0.4) is 0 Å². The van der Waals surface area contributed by atoms with Gasteiger partial charge in [-0.25, -0.2) is 0 Å². The molecule has 2 nitrogen and oxygen atoms in total. The summed E-state index contributed by atoms with van der Waals surface area (Å²) >= 11 is 0. The second kappa shape index (κ2) is 9.20. The molecule has 0 aliphatic rings. The minimum absolute atomic E-state index is 0. The van der Waals surface area contributed by atoms with Crippen molar-refractivity contribution < 1.29 is 62.7 Å². The van der Waals surface area contributed by atoms with Crippen molar-refractivity contribution >= 4 is 5.97 Å². The summed E-state index contributed by atoms with van der Waals surface area (Å²) in [7, 11) is 0. The number of carboxylic acids is 1. The summed E-state index contributed by atoms with van der Waals surface area (Å²) in [6.07, 6.45) is 4.18. The maximum atomic E-state index is 10.3. The number of carbonyl (C=O) groups is 1. The Balaban J connectivity index is -0.000000405. The number of unbranched alkanes of at least 4 members (excludes halogenated alkanes) is 2. The van der Waals surface area contributed by atoms with Crippen molar-refractivity contribution in [3.05, 3.63) is 0 Å². The van der Waals surface area contributed by atoms with Crippen LogP contribution in [0.4, 0.5) is 0 Å². The van der Waals surface area contributed by atoms with E-state index in [2.05, 4.69) is 6.92 Å². The fourth-order valence-corrected chi connectivity index (χ4v) is 0.824. The maximum absolute atomic E-state index is 10.3. The molecule has 0 aromatic heterocycles. The molecular weight excluding hydrogens is 167 g/mol. The van der Waals surface area contributed by atoms with Gasteiger partial charge in [0.2, 0.25) is 0 Å². The first-order valence-electron chi connectivity index (χ1n) is 3.91. The average Bonchev–Trinajstić information content (AvgIpc) is 1.88. The Hall–Kier alpha value is 1.11. The molecule has 1 N–H and O–H groups in total. The normalized spacial score (nSPS) is 11.8. The fraction of sp³-hybridized carbons (Fsp3) is 0.875. The Labute approximate surface area is 113 Å². The summed E-state index contributed by atoms with van der Waals surface area (Å²) < 4.78 is 0. The largest absolute Gasteiger partial charge is 1.00 e. The molecule has 0 bridgehead atoms. The molecule has 62 valence electrons. The van der Waals surface area contributed by atoms with E-state index in [1.807, 2.05) is 0 Å². The second-order valence-corrected chi connectivity index (χ2v) is 2.74. The molecule has 3 heteroatoms. The number of aliphatic carboxylic acids is 1. The molecule has 1 unspecified atom stereocenters. The molecule has 0 saturated carbocycles. The molecule has 0 saturated heterocycles. The monoisotopic (exact) mass is 184 g/mol. The topological polar surface area (TPSA) is 37.3 Å². The van der Waals surface area contributed by atoms with Crippen LogP contribution in [-0.2, 0) is 4.79 Å². The summed E-state index contributed by atoms with van der Waals surface area (Å²) in [6, 6.07) is 0. The zero-order chi connectivity index (χ0) is 7.98. The van der Waals surface area contributed by atoms with E-state index in [0.717, 1.165) is 25.7 Å². The molecule has 0 aromatic rings. The van der Waals surface area contributed by atoms with Crippen molar-refractivity contribution in [3.63, 3.8) is 0 Å². The van der Waals surface area contributed by atoms with Gasteiger partial charge in [-0.3, -0.25) is 4.79 Å². The molecule has 11 heavy (non-hydrogen) atoms. The number of carboxylic acid groups (broad SMARTS) is 1. The van der Waals surface area contributed by atoms with Crippen LogP contribution >= 0.6 is 0 Å². The van der Waals surface area contributed by atoms with E-state index in [-0.39, 0.29) is 58.7 Å². The van der Waals surface area contributed by atoms with Gasteiger partial charge in [0.05, 0.1) is 5.92 Å². The van der Waals surface area contributed by atoms with E-state index in [1.54, 1.807) is 6.92 Å². The SMILES string of the molecule is CCCCCC(C)C(=O)O.[H-].[K+]. The van der Waals surface area contributed by atoms with E-state index in [0.29, 0.717) is 0 Å². The van der Waals surface area contributed by atoms with E-state index in [4.69, 9.17) is 5.11 Å².